The Balaban J connectivity index is 2.39. The van der Waals surface area contributed by atoms with Crippen molar-refractivity contribution in [2.24, 2.45) is 0 Å². The summed E-state index contributed by atoms with van der Waals surface area (Å²) in [7, 11) is 0. The maximum absolute atomic E-state index is 5.12. The average Bonchev–Trinajstić information content (AvgIpc) is 2.33. The van der Waals surface area contributed by atoms with Gasteiger partial charge < -0.3 is 9.72 Å². The Labute approximate surface area is 53.1 Å². The zero-order chi connectivity index (χ0) is 6.10. The van der Waals surface area contributed by atoms with Gasteiger partial charge in [0.2, 0.25) is 0 Å². The average molecular weight is 123 g/mol. The van der Waals surface area contributed by atoms with Gasteiger partial charge in [0.05, 0.1) is 25.2 Å². The first-order chi connectivity index (χ1) is 4.47. The number of nitrogens with zero attached hydrogens (tertiary/aromatic N) is 1. The Morgan fingerprint density at radius 3 is 3.56 bits per heavy atom. The highest BCUT2D eigenvalue weighted by Gasteiger charge is 2.10. The van der Waals surface area contributed by atoms with Gasteiger partial charge in [-0.2, -0.15) is 0 Å². The Morgan fingerprint density at radius 1 is 1.67 bits per heavy atom. The summed E-state index contributed by atoms with van der Waals surface area (Å²) in [6.45, 7) is 1.35. The van der Waals surface area contributed by atoms with Crippen molar-refractivity contribution >= 4 is 0 Å². The smallest absolute Gasteiger partial charge is 0.0926 e. The van der Waals surface area contributed by atoms with E-state index in [0.717, 1.165) is 11.4 Å². The van der Waals surface area contributed by atoms with Gasteiger partial charge in [-0.05, 0) is 0 Å². The van der Waals surface area contributed by atoms with Gasteiger partial charge in [-0.1, -0.05) is 0 Å². The molecule has 1 aromatic heterocycles. The first kappa shape index (κ1) is 4.99. The molecule has 0 saturated carbocycles. The minimum absolute atomic E-state index is 0.648. The van der Waals surface area contributed by atoms with Crippen LogP contribution in [0.25, 0.3) is 0 Å². The van der Waals surface area contributed by atoms with Crippen LogP contribution in [0.4, 0.5) is 0 Å². The highest BCUT2D eigenvalue weighted by molar-refractivity contribution is 5.20. The summed E-state index contributed by atoms with van der Waals surface area (Å²) in [5, 5.41) is 0. The molecular weight excluding hydrogens is 116 g/mol. The highest BCUT2D eigenvalue weighted by Crippen LogP contribution is 2.11. The summed E-state index contributed by atoms with van der Waals surface area (Å²) in [5.74, 6) is 0. The molecule has 0 fully saturated rings. The number of hydrogen-bond acceptors (Lipinski definition) is 2. The number of aromatic amines is 1. The van der Waals surface area contributed by atoms with Crippen molar-refractivity contribution in [3.8, 4) is 0 Å². The normalized spacial score (nSPS) is 17.3. The molecule has 0 aromatic carbocycles. The van der Waals surface area contributed by atoms with Crippen LogP contribution >= 0.6 is 0 Å². The van der Waals surface area contributed by atoms with Crippen molar-refractivity contribution in [1.29, 1.82) is 0 Å². The molecule has 0 spiro atoms. The third-order valence-electron chi connectivity index (χ3n) is 1.40. The number of aromatic nitrogens is 2. The fourth-order valence-electron chi connectivity index (χ4n) is 0.922. The molecule has 0 aliphatic carbocycles. The van der Waals surface area contributed by atoms with Crippen molar-refractivity contribution < 1.29 is 4.74 Å². The molecule has 3 heteroatoms. The second kappa shape index (κ2) is 1.84. The molecule has 0 unspecified atom stereocenters. The minimum atomic E-state index is 0.648. The van der Waals surface area contributed by atoms with E-state index in [0.29, 0.717) is 13.2 Å². The molecule has 9 heavy (non-hydrogen) atoms. The van der Waals surface area contributed by atoms with E-state index in [9.17, 15) is 0 Å². The molecule has 1 N–H and O–H groups in total. The lowest BCUT2D eigenvalue weighted by Gasteiger charge is -2.08. The molecule has 1 aliphatic rings. The zero-order valence-electron chi connectivity index (χ0n) is 4.92. The summed E-state index contributed by atoms with van der Waals surface area (Å²) in [6.07, 6.45) is 3.68. The predicted molar refractivity (Wildman–Crippen MR) is 31.6 cm³/mol. The van der Waals surface area contributed by atoms with E-state index in [2.05, 4.69) is 9.97 Å². The maximum Gasteiger partial charge on any atom is 0.0926 e. The third-order valence-corrected chi connectivity index (χ3v) is 1.40. The molecular formula is C6H7N2O. The number of nitrogens with one attached hydrogen (secondary N) is 1. The van der Waals surface area contributed by atoms with Gasteiger partial charge in [0.15, 0.2) is 0 Å². The van der Waals surface area contributed by atoms with Crippen LogP contribution in [0.15, 0.2) is 6.33 Å². The molecule has 47 valence electrons. The fraction of sp³-hybridized carbons (Fsp3) is 0.333. The van der Waals surface area contributed by atoms with Crippen LogP contribution in [-0.4, -0.2) is 16.6 Å². The lowest BCUT2D eigenvalue weighted by Crippen LogP contribution is -2.06. The monoisotopic (exact) mass is 123 g/mol. The van der Waals surface area contributed by atoms with Gasteiger partial charge in [0.25, 0.3) is 0 Å². The molecule has 0 amide bonds. The van der Waals surface area contributed by atoms with Crippen LogP contribution in [0.2, 0.25) is 0 Å². The Bertz CT molecular complexity index is 186. The molecule has 1 aliphatic heterocycles. The SMILES string of the molecule is [CH]1COCc2nc[nH]c21. The van der Waals surface area contributed by atoms with Crippen LogP contribution in [0.3, 0.4) is 0 Å². The summed E-state index contributed by atoms with van der Waals surface area (Å²) < 4.78 is 5.12. The van der Waals surface area contributed by atoms with Crippen molar-refractivity contribution in [3.63, 3.8) is 0 Å². The maximum atomic E-state index is 5.12. The summed E-state index contributed by atoms with van der Waals surface area (Å²) in [4.78, 5) is 7.06. The second-order valence-corrected chi connectivity index (χ2v) is 1.98. The van der Waals surface area contributed by atoms with Gasteiger partial charge in [0.1, 0.15) is 0 Å². The first-order valence-corrected chi connectivity index (χ1v) is 2.90. The van der Waals surface area contributed by atoms with Crippen LogP contribution in [0.5, 0.6) is 0 Å². The summed E-state index contributed by atoms with van der Waals surface area (Å²) in [6, 6.07) is 0. The Kier molecular flexibility index (Phi) is 1.02. The van der Waals surface area contributed by atoms with Crippen LogP contribution in [-0.2, 0) is 11.3 Å². The first-order valence-electron chi connectivity index (χ1n) is 2.90. The number of H-pyrrole nitrogens is 1. The van der Waals surface area contributed by atoms with Crippen molar-refractivity contribution in [2.45, 2.75) is 6.61 Å². The Hall–Kier alpha value is -0.830. The van der Waals surface area contributed by atoms with Crippen LogP contribution < -0.4 is 0 Å². The second-order valence-electron chi connectivity index (χ2n) is 1.98. The molecule has 1 aromatic rings. The van der Waals surface area contributed by atoms with Crippen molar-refractivity contribution in [2.75, 3.05) is 6.61 Å². The number of fused-ring (bicyclic) bond motifs is 1. The largest absolute Gasteiger partial charge is 0.374 e. The lowest BCUT2D eigenvalue weighted by molar-refractivity contribution is 0.129. The molecule has 0 atom stereocenters. The van der Waals surface area contributed by atoms with Crippen molar-refractivity contribution in [3.05, 3.63) is 24.1 Å². The van der Waals surface area contributed by atoms with Crippen LogP contribution in [0, 0.1) is 6.42 Å². The summed E-state index contributed by atoms with van der Waals surface area (Å²) >= 11 is 0. The standard InChI is InChI=1S/C6H7N2O/c1-2-9-3-6-5(1)7-4-8-6/h1,4H,2-3H2,(H,7,8). The Morgan fingerprint density at radius 2 is 2.67 bits per heavy atom. The number of rotatable bonds is 0. The molecule has 2 heterocycles. The van der Waals surface area contributed by atoms with E-state index >= 15 is 0 Å². The van der Waals surface area contributed by atoms with Gasteiger partial charge >= 0.3 is 0 Å². The van der Waals surface area contributed by atoms with Crippen molar-refractivity contribution in [1.82, 2.24) is 9.97 Å². The van der Waals surface area contributed by atoms with Gasteiger partial charge in [-0.3, -0.25) is 0 Å². The van der Waals surface area contributed by atoms with Gasteiger partial charge in [-0.15, -0.1) is 0 Å². The number of hydrogen-bond donors (Lipinski definition) is 1. The van der Waals surface area contributed by atoms with E-state index in [4.69, 9.17) is 4.74 Å². The van der Waals surface area contributed by atoms with E-state index in [1.807, 2.05) is 6.42 Å². The van der Waals surface area contributed by atoms with E-state index in [1.54, 1.807) is 6.33 Å². The summed E-state index contributed by atoms with van der Waals surface area (Å²) in [5.41, 5.74) is 2.13. The molecule has 2 rings (SSSR count). The molecule has 1 radical (unpaired) electrons. The number of ether oxygens (including phenoxy) is 1. The van der Waals surface area contributed by atoms with E-state index in [1.165, 1.54) is 0 Å². The third kappa shape index (κ3) is 0.733. The van der Waals surface area contributed by atoms with E-state index in [-0.39, 0.29) is 0 Å². The molecule has 0 saturated heterocycles. The van der Waals surface area contributed by atoms with Crippen LogP contribution in [0.1, 0.15) is 11.4 Å². The molecule has 0 bridgehead atoms. The number of imidazole rings is 1. The highest BCUT2D eigenvalue weighted by atomic mass is 16.5. The minimum Gasteiger partial charge on any atom is -0.374 e. The zero-order valence-corrected chi connectivity index (χ0v) is 4.92. The quantitative estimate of drug-likeness (QED) is 0.545. The fourth-order valence-corrected chi connectivity index (χ4v) is 0.922. The van der Waals surface area contributed by atoms with E-state index < -0.39 is 0 Å². The topological polar surface area (TPSA) is 37.9 Å². The van der Waals surface area contributed by atoms with Gasteiger partial charge in [0, 0.05) is 12.1 Å². The lowest BCUT2D eigenvalue weighted by atomic mass is 10.2. The molecule has 3 nitrogen and oxygen atoms in total. The predicted octanol–water partition coefficient (Wildman–Crippen LogP) is 0.492. The van der Waals surface area contributed by atoms with Gasteiger partial charge in [-0.25, -0.2) is 4.98 Å².